The van der Waals surface area contributed by atoms with Crippen molar-refractivity contribution >= 4 is 0 Å². The molecule has 0 saturated carbocycles. The van der Waals surface area contributed by atoms with E-state index in [1.165, 1.54) is 11.3 Å². The molecule has 1 N–H and O–H groups in total. The van der Waals surface area contributed by atoms with Crippen LogP contribution in [0.15, 0.2) is 36.4 Å². The summed E-state index contributed by atoms with van der Waals surface area (Å²) in [5.41, 5.74) is 3.78. The summed E-state index contributed by atoms with van der Waals surface area (Å²) in [6.07, 6.45) is 2.16. The van der Waals surface area contributed by atoms with Crippen LogP contribution in [0, 0.1) is 6.92 Å². The Balaban J connectivity index is 2.15. The van der Waals surface area contributed by atoms with Crippen LogP contribution in [0.3, 0.4) is 0 Å². The van der Waals surface area contributed by atoms with Gasteiger partial charge in [0.25, 0.3) is 0 Å². The topological polar surface area (TPSA) is 29.9 Å². The molecule has 0 saturated heterocycles. The van der Waals surface area contributed by atoms with E-state index in [1.54, 1.807) is 0 Å². The highest BCUT2D eigenvalue weighted by molar-refractivity contribution is 5.22. The second-order valence-electron chi connectivity index (χ2n) is 5.86. The molecule has 2 atom stereocenters. The number of aryl methyl sites for hydroxylation is 2. The zero-order valence-electron chi connectivity index (χ0n) is 13.6. The molecule has 0 aliphatic rings. The Labute approximate surface area is 128 Å². The molecule has 0 spiro atoms. The molecule has 2 unspecified atom stereocenters. The van der Waals surface area contributed by atoms with Gasteiger partial charge in [-0.15, -0.1) is 0 Å². The van der Waals surface area contributed by atoms with Crippen molar-refractivity contribution in [3.63, 3.8) is 0 Å². The van der Waals surface area contributed by atoms with Gasteiger partial charge in [-0.3, -0.25) is 4.68 Å². The maximum Gasteiger partial charge on any atom is 0.0596 e. The molecule has 1 aromatic heterocycles. The first-order valence-electron chi connectivity index (χ1n) is 7.89. The number of nitrogens with zero attached hydrogens (tertiary/aromatic N) is 2. The highest BCUT2D eigenvalue weighted by Gasteiger charge is 2.20. The quantitative estimate of drug-likeness (QED) is 0.844. The lowest BCUT2D eigenvalue weighted by Gasteiger charge is -2.25. The van der Waals surface area contributed by atoms with Crippen LogP contribution in [0.2, 0.25) is 0 Å². The summed E-state index contributed by atoms with van der Waals surface area (Å²) in [6.45, 7) is 7.63. The molecule has 2 rings (SSSR count). The molecule has 0 fully saturated rings. The van der Waals surface area contributed by atoms with Crippen LogP contribution in [0.5, 0.6) is 0 Å². The molecule has 0 radical (unpaired) electrons. The summed E-state index contributed by atoms with van der Waals surface area (Å²) in [5, 5.41) is 8.18. The fourth-order valence-corrected chi connectivity index (χ4v) is 2.82. The normalized spacial score (nSPS) is 14.1. The molecule has 0 aliphatic heterocycles. The van der Waals surface area contributed by atoms with Gasteiger partial charge in [-0.2, -0.15) is 5.10 Å². The zero-order valence-corrected chi connectivity index (χ0v) is 13.6. The van der Waals surface area contributed by atoms with E-state index in [0.29, 0.717) is 12.0 Å². The average Bonchev–Trinajstić information content (AvgIpc) is 2.81. The number of rotatable bonds is 7. The zero-order chi connectivity index (χ0) is 15.2. The lowest BCUT2D eigenvalue weighted by Crippen LogP contribution is -2.36. The summed E-state index contributed by atoms with van der Waals surface area (Å²) in [6, 6.07) is 13.4. The van der Waals surface area contributed by atoms with Gasteiger partial charge in [-0.05, 0) is 37.4 Å². The minimum absolute atomic E-state index is 0.433. The molecule has 1 aromatic carbocycles. The van der Waals surface area contributed by atoms with Gasteiger partial charge in [0.1, 0.15) is 0 Å². The number of hydrogen-bond acceptors (Lipinski definition) is 2. The van der Waals surface area contributed by atoms with Crippen molar-refractivity contribution in [1.29, 1.82) is 0 Å². The van der Waals surface area contributed by atoms with Gasteiger partial charge in [0, 0.05) is 25.2 Å². The lowest BCUT2D eigenvalue weighted by atomic mass is 9.90. The van der Waals surface area contributed by atoms with Gasteiger partial charge < -0.3 is 5.32 Å². The summed E-state index contributed by atoms with van der Waals surface area (Å²) in [5.74, 6) is 0.480. The van der Waals surface area contributed by atoms with Crippen LogP contribution in [-0.2, 0) is 13.5 Å². The van der Waals surface area contributed by atoms with Crippen LogP contribution in [0.25, 0.3) is 0 Å². The van der Waals surface area contributed by atoms with Gasteiger partial charge in [-0.1, -0.05) is 44.2 Å². The van der Waals surface area contributed by atoms with E-state index in [4.69, 9.17) is 0 Å². The first kappa shape index (κ1) is 15.8. The second kappa shape index (κ2) is 7.41. The smallest absolute Gasteiger partial charge is 0.0596 e. The van der Waals surface area contributed by atoms with E-state index >= 15 is 0 Å². The monoisotopic (exact) mass is 285 g/mol. The first-order chi connectivity index (χ1) is 10.1. The summed E-state index contributed by atoms with van der Waals surface area (Å²) >= 11 is 0. The maximum absolute atomic E-state index is 4.47. The van der Waals surface area contributed by atoms with Crippen LogP contribution in [0.1, 0.15) is 43.1 Å². The van der Waals surface area contributed by atoms with Crippen LogP contribution >= 0.6 is 0 Å². The van der Waals surface area contributed by atoms with E-state index in [0.717, 1.165) is 25.1 Å². The maximum atomic E-state index is 4.47. The predicted octanol–water partition coefficient (Wildman–Crippen LogP) is 3.44. The molecular weight excluding hydrogens is 258 g/mol. The fourth-order valence-electron chi connectivity index (χ4n) is 2.82. The van der Waals surface area contributed by atoms with E-state index in [-0.39, 0.29) is 0 Å². The molecular formula is C18H27N3. The van der Waals surface area contributed by atoms with Gasteiger partial charge in [0.05, 0.1) is 5.69 Å². The van der Waals surface area contributed by atoms with Crippen LogP contribution < -0.4 is 5.32 Å². The summed E-state index contributed by atoms with van der Waals surface area (Å²) in [7, 11) is 2.03. The lowest BCUT2D eigenvalue weighted by molar-refractivity contribution is 0.437. The van der Waals surface area contributed by atoms with Gasteiger partial charge in [-0.25, -0.2) is 0 Å². The van der Waals surface area contributed by atoms with E-state index in [2.05, 4.69) is 67.6 Å². The summed E-state index contributed by atoms with van der Waals surface area (Å²) in [4.78, 5) is 0. The van der Waals surface area contributed by atoms with E-state index in [9.17, 15) is 0 Å². The fraction of sp³-hybridized carbons (Fsp3) is 0.500. The Morgan fingerprint density at radius 3 is 2.52 bits per heavy atom. The van der Waals surface area contributed by atoms with Crippen molar-refractivity contribution in [2.45, 2.75) is 45.6 Å². The molecule has 2 aromatic rings. The standard InChI is InChI=1S/C18H27N3/c1-5-11-19-18(13-17-12-14(2)20-21(17)4)15(3)16-9-7-6-8-10-16/h6-10,12,15,18-19H,5,11,13H2,1-4H3. The number of nitrogens with one attached hydrogen (secondary N) is 1. The minimum atomic E-state index is 0.433. The van der Waals surface area contributed by atoms with Crippen molar-refractivity contribution in [2.75, 3.05) is 6.54 Å². The predicted molar refractivity (Wildman–Crippen MR) is 88.6 cm³/mol. The molecule has 21 heavy (non-hydrogen) atoms. The Bertz CT molecular complexity index is 545. The molecule has 0 aliphatic carbocycles. The molecule has 3 nitrogen and oxygen atoms in total. The van der Waals surface area contributed by atoms with E-state index in [1.807, 2.05) is 11.7 Å². The third kappa shape index (κ3) is 4.18. The minimum Gasteiger partial charge on any atom is -0.313 e. The second-order valence-corrected chi connectivity index (χ2v) is 5.86. The third-order valence-electron chi connectivity index (χ3n) is 4.11. The highest BCUT2D eigenvalue weighted by Crippen LogP contribution is 2.22. The van der Waals surface area contributed by atoms with Gasteiger partial charge in [0.15, 0.2) is 0 Å². The van der Waals surface area contributed by atoms with Crippen molar-refractivity contribution in [3.8, 4) is 0 Å². The Morgan fingerprint density at radius 2 is 1.95 bits per heavy atom. The number of hydrogen-bond donors (Lipinski definition) is 1. The Hall–Kier alpha value is -1.61. The average molecular weight is 285 g/mol. The highest BCUT2D eigenvalue weighted by atomic mass is 15.3. The molecule has 0 amide bonds. The van der Waals surface area contributed by atoms with Crippen LogP contribution in [-0.4, -0.2) is 22.4 Å². The Morgan fingerprint density at radius 1 is 1.24 bits per heavy atom. The molecule has 114 valence electrons. The van der Waals surface area contributed by atoms with E-state index < -0.39 is 0 Å². The third-order valence-corrected chi connectivity index (χ3v) is 4.11. The summed E-state index contributed by atoms with van der Waals surface area (Å²) < 4.78 is 2.01. The first-order valence-corrected chi connectivity index (χ1v) is 7.89. The Kier molecular flexibility index (Phi) is 5.57. The van der Waals surface area contributed by atoms with Crippen molar-refractivity contribution in [2.24, 2.45) is 7.05 Å². The number of benzene rings is 1. The van der Waals surface area contributed by atoms with Crippen molar-refractivity contribution < 1.29 is 0 Å². The van der Waals surface area contributed by atoms with Crippen molar-refractivity contribution in [1.82, 2.24) is 15.1 Å². The number of aromatic nitrogens is 2. The SMILES string of the molecule is CCCNC(Cc1cc(C)nn1C)C(C)c1ccccc1. The molecule has 0 bridgehead atoms. The van der Waals surface area contributed by atoms with Gasteiger partial charge >= 0.3 is 0 Å². The van der Waals surface area contributed by atoms with Crippen molar-refractivity contribution in [3.05, 3.63) is 53.3 Å². The largest absolute Gasteiger partial charge is 0.313 e. The van der Waals surface area contributed by atoms with Crippen LogP contribution in [0.4, 0.5) is 0 Å². The molecule has 3 heteroatoms. The van der Waals surface area contributed by atoms with Gasteiger partial charge in [0.2, 0.25) is 0 Å². The molecule has 1 heterocycles.